The molecular weight excluding hydrogens is 384 g/mol. The van der Waals surface area contributed by atoms with Crippen molar-refractivity contribution >= 4 is 40.1 Å². The second-order valence-corrected chi connectivity index (χ2v) is 5.82. The van der Waals surface area contributed by atoms with E-state index in [0.29, 0.717) is 12.4 Å². The molecule has 2 aromatic rings. The van der Waals surface area contributed by atoms with E-state index in [-0.39, 0.29) is 30.8 Å². The van der Waals surface area contributed by atoms with Crippen LogP contribution < -0.4 is 11.1 Å². The van der Waals surface area contributed by atoms with Gasteiger partial charge in [-0.1, -0.05) is 22.0 Å². The zero-order valence-electron chi connectivity index (χ0n) is 13.0. The largest absolute Gasteiger partial charge is 0.380 e. The Labute approximate surface area is 149 Å². The molecule has 126 valence electrons. The van der Waals surface area contributed by atoms with Crippen molar-refractivity contribution in [1.29, 1.82) is 0 Å². The number of anilines is 1. The predicted octanol–water partition coefficient (Wildman–Crippen LogP) is 2.67. The van der Waals surface area contributed by atoms with Crippen molar-refractivity contribution in [3.05, 3.63) is 40.5 Å². The van der Waals surface area contributed by atoms with Crippen molar-refractivity contribution in [2.45, 2.75) is 19.4 Å². The molecule has 1 amide bonds. The Kier molecular flexibility index (Phi) is 7.70. The molecule has 1 aromatic carbocycles. The van der Waals surface area contributed by atoms with Crippen molar-refractivity contribution in [2.75, 3.05) is 19.0 Å². The molecule has 0 saturated carbocycles. The van der Waals surface area contributed by atoms with E-state index in [2.05, 4.69) is 26.3 Å². The maximum absolute atomic E-state index is 12.1. The molecule has 1 heterocycles. The lowest BCUT2D eigenvalue weighted by Gasteiger charge is -2.13. The minimum absolute atomic E-state index is 0. The fraction of sp³-hybridized carbons (Fsp3) is 0.333. The number of carbonyl (C=O) groups excluding carboxylic acids is 1. The van der Waals surface area contributed by atoms with E-state index in [4.69, 9.17) is 10.5 Å². The summed E-state index contributed by atoms with van der Waals surface area (Å²) in [5.74, 6) is 0.459. The van der Waals surface area contributed by atoms with E-state index >= 15 is 0 Å². The summed E-state index contributed by atoms with van der Waals surface area (Å²) in [7, 11) is 1.54. The molecule has 0 aliphatic rings. The quantitative estimate of drug-likeness (QED) is 0.777. The van der Waals surface area contributed by atoms with Crippen LogP contribution >= 0.6 is 28.3 Å². The Hall–Kier alpha value is -1.41. The SMILES string of the molecule is COC(CN)CC(=O)Nc1cc(C)nn1-c1cccc(Br)c1.Cl. The van der Waals surface area contributed by atoms with Crippen LogP contribution in [-0.4, -0.2) is 35.4 Å². The molecule has 0 saturated heterocycles. The molecule has 6 nitrogen and oxygen atoms in total. The van der Waals surface area contributed by atoms with Gasteiger partial charge in [0.2, 0.25) is 5.91 Å². The second-order valence-electron chi connectivity index (χ2n) is 4.91. The monoisotopic (exact) mass is 402 g/mol. The van der Waals surface area contributed by atoms with Crippen LogP contribution in [0.25, 0.3) is 5.69 Å². The molecule has 0 spiro atoms. The van der Waals surface area contributed by atoms with Crippen LogP contribution in [0.1, 0.15) is 12.1 Å². The van der Waals surface area contributed by atoms with Gasteiger partial charge in [-0.05, 0) is 25.1 Å². The first-order chi connectivity index (χ1) is 10.5. The Balaban J connectivity index is 0.00000264. The van der Waals surface area contributed by atoms with Crippen LogP contribution in [0.4, 0.5) is 5.82 Å². The first-order valence-electron chi connectivity index (χ1n) is 6.88. The van der Waals surface area contributed by atoms with Crippen molar-refractivity contribution in [3.63, 3.8) is 0 Å². The van der Waals surface area contributed by atoms with Crippen LogP contribution in [0.15, 0.2) is 34.8 Å². The molecule has 0 bridgehead atoms. The zero-order chi connectivity index (χ0) is 16.1. The van der Waals surface area contributed by atoms with Gasteiger partial charge in [0.05, 0.1) is 23.9 Å². The van der Waals surface area contributed by atoms with Gasteiger partial charge in [0.15, 0.2) is 0 Å². The third-order valence-electron chi connectivity index (χ3n) is 3.16. The third-order valence-corrected chi connectivity index (χ3v) is 3.65. The van der Waals surface area contributed by atoms with Crippen LogP contribution in [0.2, 0.25) is 0 Å². The first-order valence-corrected chi connectivity index (χ1v) is 7.68. The fourth-order valence-corrected chi connectivity index (χ4v) is 2.44. The summed E-state index contributed by atoms with van der Waals surface area (Å²) in [6.07, 6.45) is -0.0845. The topological polar surface area (TPSA) is 82.2 Å². The Morgan fingerprint density at radius 1 is 1.48 bits per heavy atom. The number of hydrogen-bond acceptors (Lipinski definition) is 4. The molecule has 23 heavy (non-hydrogen) atoms. The van der Waals surface area contributed by atoms with Gasteiger partial charge in [0, 0.05) is 24.2 Å². The lowest BCUT2D eigenvalue weighted by molar-refractivity contribution is -0.118. The molecule has 1 unspecified atom stereocenters. The highest BCUT2D eigenvalue weighted by molar-refractivity contribution is 9.10. The maximum Gasteiger partial charge on any atom is 0.228 e. The zero-order valence-corrected chi connectivity index (χ0v) is 15.4. The van der Waals surface area contributed by atoms with Gasteiger partial charge in [-0.2, -0.15) is 5.10 Å². The van der Waals surface area contributed by atoms with Crippen molar-refractivity contribution in [3.8, 4) is 5.69 Å². The second kappa shape index (κ2) is 9.02. The molecule has 3 N–H and O–H groups in total. The number of halogens is 2. The van der Waals surface area contributed by atoms with E-state index in [0.717, 1.165) is 15.9 Å². The first kappa shape index (κ1) is 19.6. The van der Waals surface area contributed by atoms with E-state index in [1.54, 1.807) is 11.8 Å². The summed E-state index contributed by atoms with van der Waals surface area (Å²) < 4.78 is 7.77. The van der Waals surface area contributed by atoms with E-state index < -0.39 is 0 Å². The van der Waals surface area contributed by atoms with E-state index in [1.165, 1.54) is 0 Å². The molecule has 0 fully saturated rings. The van der Waals surface area contributed by atoms with Gasteiger partial charge < -0.3 is 15.8 Å². The summed E-state index contributed by atoms with van der Waals surface area (Å²) in [4.78, 5) is 12.1. The molecule has 2 rings (SSSR count). The Bertz CT molecular complexity index is 659. The summed E-state index contributed by atoms with van der Waals surface area (Å²) in [5.41, 5.74) is 7.22. The number of hydrogen-bond donors (Lipinski definition) is 2. The highest BCUT2D eigenvalue weighted by Crippen LogP contribution is 2.20. The normalized spacial score (nSPS) is 11.7. The fourth-order valence-electron chi connectivity index (χ4n) is 2.06. The number of rotatable bonds is 6. The van der Waals surface area contributed by atoms with Crippen LogP contribution in [0.5, 0.6) is 0 Å². The molecule has 0 radical (unpaired) electrons. The molecule has 0 aliphatic carbocycles. The summed E-state index contributed by atoms with van der Waals surface area (Å²) in [5, 5.41) is 7.28. The molecular formula is C15H20BrClN4O2. The van der Waals surface area contributed by atoms with Crippen molar-refractivity contribution in [1.82, 2.24) is 9.78 Å². The maximum atomic E-state index is 12.1. The van der Waals surface area contributed by atoms with Gasteiger partial charge in [0.25, 0.3) is 0 Å². The lowest BCUT2D eigenvalue weighted by Crippen LogP contribution is -2.28. The minimum Gasteiger partial charge on any atom is -0.380 e. The number of benzene rings is 1. The number of aryl methyl sites for hydroxylation is 1. The molecule has 0 aliphatic heterocycles. The van der Waals surface area contributed by atoms with Gasteiger partial charge in [-0.3, -0.25) is 4.79 Å². The van der Waals surface area contributed by atoms with Crippen LogP contribution in [0, 0.1) is 6.92 Å². The van der Waals surface area contributed by atoms with Gasteiger partial charge in [-0.15, -0.1) is 12.4 Å². The summed E-state index contributed by atoms with van der Waals surface area (Å²) in [6.45, 7) is 2.18. The highest BCUT2D eigenvalue weighted by Gasteiger charge is 2.15. The van der Waals surface area contributed by atoms with Gasteiger partial charge in [0.1, 0.15) is 5.82 Å². The van der Waals surface area contributed by atoms with Crippen molar-refractivity contribution < 1.29 is 9.53 Å². The number of methoxy groups -OCH3 is 1. The van der Waals surface area contributed by atoms with Gasteiger partial charge >= 0.3 is 0 Å². The third kappa shape index (κ3) is 5.31. The number of aromatic nitrogens is 2. The number of nitrogens with zero attached hydrogens (tertiary/aromatic N) is 2. The predicted molar refractivity (Wildman–Crippen MR) is 96.3 cm³/mol. The molecule has 1 aromatic heterocycles. The molecule has 8 heteroatoms. The number of nitrogens with one attached hydrogen (secondary N) is 1. The highest BCUT2D eigenvalue weighted by atomic mass is 79.9. The van der Waals surface area contributed by atoms with Crippen LogP contribution in [-0.2, 0) is 9.53 Å². The minimum atomic E-state index is -0.289. The molecule has 1 atom stereocenters. The number of amides is 1. The number of carbonyl (C=O) groups is 1. The number of nitrogens with two attached hydrogens (primary N) is 1. The van der Waals surface area contributed by atoms with Crippen molar-refractivity contribution in [2.24, 2.45) is 5.73 Å². The average molecular weight is 404 g/mol. The van der Waals surface area contributed by atoms with E-state index in [1.807, 2.05) is 37.3 Å². The summed E-state index contributed by atoms with van der Waals surface area (Å²) in [6, 6.07) is 9.52. The lowest BCUT2D eigenvalue weighted by atomic mass is 10.2. The van der Waals surface area contributed by atoms with E-state index in [9.17, 15) is 4.79 Å². The number of ether oxygens (including phenoxy) is 1. The average Bonchev–Trinajstić information content (AvgIpc) is 2.85. The summed E-state index contributed by atoms with van der Waals surface area (Å²) >= 11 is 3.43. The van der Waals surface area contributed by atoms with Crippen LogP contribution in [0.3, 0.4) is 0 Å². The Morgan fingerprint density at radius 3 is 2.83 bits per heavy atom. The Morgan fingerprint density at radius 2 is 2.22 bits per heavy atom. The standard InChI is InChI=1S/C15H19BrN4O2.ClH/c1-10-6-14(18-15(21)8-13(9-17)22-2)20(19-10)12-5-3-4-11(16)7-12;/h3-7,13H,8-9,17H2,1-2H3,(H,18,21);1H. The smallest absolute Gasteiger partial charge is 0.228 e. The van der Waals surface area contributed by atoms with Gasteiger partial charge in [-0.25, -0.2) is 4.68 Å².